The highest BCUT2D eigenvalue weighted by Gasteiger charge is 2.14. The molecule has 140 valence electrons. The number of aryl methyl sites for hydroxylation is 2. The van der Waals surface area contributed by atoms with E-state index in [1.54, 1.807) is 6.08 Å². The van der Waals surface area contributed by atoms with Crippen LogP contribution >= 0.6 is 0 Å². The van der Waals surface area contributed by atoms with E-state index >= 15 is 0 Å². The third kappa shape index (κ3) is 4.02. The van der Waals surface area contributed by atoms with Crippen molar-refractivity contribution >= 4 is 17.7 Å². The van der Waals surface area contributed by atoms with Crippen molar-refractivity contribution in [2.45, 2.75) is 20.8 Å². The monoisotopic (exact) mass is 373 g/mol. The molecular formula is C23H20FN3O. The normalized spacial score (nSPS) is 11.2. The lowest BCUT2D eigenvalue weighted by atomic mass is 10.1. The van der Waals surface area contributed by atoms with Gasteiger partial charge in [0.05, 0.1) is 0 Å². The van der Waals surface area contributed by atoms with Gasteiger partial charge in [-0.05, 0) is 74.9 Å². The predicted molar refractivity (Wildman–Crippen MR) is 109 cm³/mol. The molecule has 0 saturated carbocycles. The fraction of sp³-hybridized carbons (Fsp3) is 0.130. The van der Waals surface area contributed by atoms with Crippen LogP contribution in [0.4, 0.5) is 10.1 Å². The fourth-order valence-corrected chi connectivity index (χ4v) is 3.06. The van der Waals surface area contributed by atoms with Gasteiger partial charge in [-0.3, -0.25) is 4.79 Å². The number of carbonyl (C=O) groups excluding carboxylic acids is 1. The number of carbonyl (C=O) groups is 1. The smallest absolute Gasteiger partial charge is 0.266 e. The molecule has 3 rings (SSSR count). The van der Waals surface area contributed by atoms with E-state index in [-0.39, 0.29) is 5.57 Å². The summed E-state index contributed by atoms with van der Waals surface area (Å²) >= 11 is 0. The topological polar surface area (TPSA) is 57.8 Å². The Labute approximate surface area is 163 Å². The summed E-state index contributed by atoms with van der Waals surface area (Å²) in [6, 6.07) is 17.5. The van der Waals surface area contributed by atoms with Gasteiger partial charge in [-0.15, -0.1) is 0 Å². The summed E-state index contributed by atoms with van der Waals surface area (Å²) in [5.41, 5.74) is 5.34. The molecule has 0 radical (unpaired) electrons. The molecule has 0 spiro atoms. The minimum Gasteiger partial charge on any atom is -0.321 e. The van der Waals surface area contributed by atoms with E-state index in [1.165, 1.54) is 29.8 Å². The van der Waals surface area contributed by atoms with E-state index in [0.717, 1.165) is 22.6 Å². The van der Waals surface area contributed by atoms with Crippen LogP contribution in [0.25, 0.3) is 11.8 Å². The predicted octanol–water partition coefficient (Wildman–Crippen LogP) is 5.09. The van der Waals surface area contributed by atoms with Gasteiger partial charge < -0.3 is 9.88 Å². The first kappa shape index (κ1) is 19.1. The summed E-state index contributed by atoms with van der Waals surface area (Å²) in [6.07, 6.45) is 1.58. The Kier molecular flexibility index (Phi) is 5.42. The number of anilines is 1. The molecule has 0 saturated heterocycles. The zero-order chi connectivity index (χ0) is 20.3. The molecule has 1 N–H and O–H groups in total. The third-order valence-electron chi connectivity index (χ3n) is 4.53. The van der Waals surface area contributed by atoms with Crippen LogP contribution in [0.2, 0.25) is 0 Å². The standard InChI is InChI=1S/C23H20FN3O/c1-15-4-10-22(11-5-15)27-16(2)12-18(17(27)3)13-19(14-25)23(28)26-21-8-6-20(24)7-9-21/h4-13H,1-3H3,(H,26,28). The Morgan fingerprint density at radius 3 is 2.32 bits per heavy atom. The third-order valence-corrected chi connectivity index (χ3v) is 4.53. The molecule has 3 aromatic rings. The van der Waals surface area contributed by atoms with Gasteiger partial charge in [0.15, 0.2) is 0 Å². The molecule has 4 nitrogen and oxygen atoms in total. The lowest BCUT2D eigenvalue weighted by molar-refractivity contribution is -0.112. The molecule has 0 aliphatic rings. The highest BCUT2D eigenvalue weighted by atomic mass is 19.1. The molecular weight excluding hydrogens is 353 g/mol. The average Bonchev–Trinajstić information content (AvgIpc) is 2.95. The Morgan fingerprint density at radius 2 is 1.71 bits per heavy atom. The van der Waals surface area contributed by atoms with E-state index < -0.39 is 11.7 Å². The molecule has 28 heavy (non-hydrogen) atoms. The van der Waals surface area contributed by atoms with E-state index in [0.29, 0.717) is 5.69 Å². The van der Waals surface area contributed by atoms with E-state index in [9.17, 15) is 14.4 Å². The van der Waals surface area contributed by atoms with E-state index in [1.807, 2.05) is 57.2 Å². The quantitative estimate of drug-likeness (QED) is 0.512. The van der Waals surface area contributed by atoms with Crippen molar-refractivity contribution in [1.82, 2.24) is 4.57 Å². The first-order valence-electron chi connectivity index (χ1n) is 8.83. The van der Waals surface area contributed by atoms with Gasteiger partial charge in [-0.25, -0.2) is 4.39 Å². The largest absolute Gasteiger partial charge is 0.321 e. The van der Waals surface area contributed by atoms with Crippen molar-refractivity contribution in [2.75, 3.05) is 5.32 Å². The highest BCUT2D eigenvalue weighted by Crippen LogP contribution is 2.23. The van der Waals surface area contributed by atoms with Crippen molar-refractivity contribution in [2.24, 2.45) is 0 Å². The average molecular weight is 373 g/mol. The number of nitrogens with zero attached hydrogens (tertiary/aromatic N) is 2. The summed E-state index contributed by atoms with van der Waals surface area (Å²) in [6.45, 7) is 5.96. The molecule has 0 aliphatic heterocycles. The molecule has 0 bridgehead atoms. The Bertz CT molecular complexity index is 1080. The van der Waals surface area contributed by atoms with Crippen LogP contribution in [0.15, 0.2) is 60.2 Å². The van der Waals surface area contributed by atoms with Crippen molar-refractivity contribution in [3.8, 4) is 11.8 Å². The zero-order valence-corrected chi connectivity index (χ0v) is 16.0. The van der Waals surface area contributed by atoms with Gasteiger partial charge >= 0.3 is 0 Å². The lowest BCUT2D eigenvalue weighted by Crippen LogP contribution is -2.13. The number of rotatable bonds is 4. The molecule has 0 unspecified atom stereocenters. The second kappa shape index (κ2) is 7.93. The first-order valence-corrected chi connectivity index (χ1v) is 8.83. The van der Waals surface area contributed by atoms with Gasteiger partial charge in [0, 0.05) is 22.8 Å². The van der Waals surface area contributed by atoms with Gasteiger partial charge in [-0.1, -0.05) is 17.7 Å². The van der Waals surface area contributed by atoms with Crippen LogP contribution in [-0.2, 0) is 4.79 Å². The van der Waals surface area contributed by atoms with E-state index in [4.69, 9.17) is 0 Å². The summed E-state index contributed by atoms with van der Waals surface area (Å²) < 4.78 is 15.1. The molecule has 0 fully saturated rings. The zero-order valence-electron chi connectivity index (χ0n) is 16.0. The molecule has 5 heteroatoms. The minimum absolute atomic E-state index is 0.0199. The maximum atomic E-state index is 13.0. The summed E-state index contributed by atoms with van der Waals surface area (Å²) in [5, 5.41) is 12.1. The SMILES string of the molecule is Cc1ccc(-n2c(C)cc(C=C(C#N)C(=O)Nc3ccc(F)cc3)c2C)cc1. The number of hydrogen-bond acceptors (Lipinski definition) is 2. The van der Waals surface area contributed by atoms with Crippen molar-refractivity contribution in [3.63, 3.8) is 0 Å². The minimum atomic E-state index is -0.533. The highest BCUT2D eigenvalue weighted by molar-refractivity contribution is 6.09. The van der Waals surface area contributed by atoms with Crippen LogP contribution in [0.5, 0.6) is 0 Å². The number of amides is 1. The summed E-state index contributed by atoms with van der Waals surface area (Å²) in [4.78, 5) is 12.4. The number of hydrogen-bond donors (Lipinski definition) is 1. The number of halogens is 1. The Balaban J connectivity index is 1.91. The molecule has 1 amide bonds. The molecule has 2 aromatic carbocycles. The number of nitrogens with one attached hydrogen (secondary N) is 1. The second-order valence-electron chi connectivity index (χ2n) is 6.63. The van der Waals surface area contributed by atoms with Crippen LogP contribution in [0, 0.1) is 37.9 Å². The van der Waals surface area contributed by atoms with Crippen LogP contribution < -0.4 is 5.32 Å². The number of benzene rings is 2. The lowest BCUT2D eigenvalue weighted by Gasteiger charge is -2.10. The van der Waals surface area contributed by atoms with Crippen molar-refractivity contribution < 1.29 is 9.18 Å². The molecule has 0 atom stereocenters. The molecule has 0 aliphatic carbocycles. The van der Waals surface area contributed by atoms with Crippen molar-refractivity contribution in [3.05, 3.63) is 88.5 Å². The van der Waals surface area contributed by atoms with Crippen LogP contribution in [-0.4, -0.2) is 10.5 Å². The second-order valence-corrected chi connectivity index (χ2v) is 6.63. The maximum absolute atomic E-state index is 13.0. The maximum Gasteiger partial charge on any atom is 0.266 e. The van der Waals surface area contributed by atoms with Crippen LogP contribution in [0.3, 0.4) is 0 Å². The van der Waals surface area contributed by atoms with Crippen molar-refractivity contribution in [1.29, 1.82) is 5.26 Å². The van der Waals surface area contributed by atoms with Gasteiger partial charge in [0.2, 0.25) is 0 Å². The summed E-state index contributed by atoms with van der Waals surface area (Å²) in [7, 11) is 0. The Hall–Kier alpha value is -3.65. The molecule has 1 aromatic heterocycles. The first-order chi connectivity index (χ1) is 13.4. The Morgan fingerprint density at radius 1 is 1.07 bits per heavy atom. The van der Waals surface area contributed by atoms with Crippen LogP contribution in [0.1, 0.15) is 22.5 Å². The van der Waals surface area contributed by atoms with Gasteiger partial charge in [0.1, 0.15) is 17.5 Å². The number of nitriles is 1. The van der Waals surface area contributed by atoms with Gasteiger partial charge in [0.25, 0.3) is 5.91 Å². The summed E-state index contributed by atoms with van der Waals surface area (Å²) in [5.74, 6) is -0.924. The van der Waals surface area contributed by atoms with E-state index in [2.05, 4.69) is 9.88 Å². The van der Waals surface area contributed by atoms with Gasteiger partial charge in [-0.2, -0.15) is 5.26 Å². The molecule has 1 heterocycles. The fourth-order valence-electron chi connectivity index (χ4n) is 3.06. The number of aromatic nitrogens is 1.